The monoisotopic (exact) mass is 240 g/mol. The van der Waals surface area contributed by atoms with Gasteiger partial charge in [0.25, 0.3) is 0 Å². The number of nitrogens with zero attached hydrogens (tertiary/aromatic N) is 2. The van der Waals surface area contributed by atoms with Crippen LogP contribution in [0.25, 0.3) is 0 Å². The summed E-state index contributed by atoms with van der Waals surface area (Å²) < 4.78 is 0. The SMILES string of the molecule is Cc1cc(C#N)cnc1SCc1ccccc1. The molecule has 0 aliphatic rings. The molecule has 2 rings (SSSR count). The van der Waals surface area contributed by atoms with E-state index in [2.05, 4.69) is 23.2 Å². The molecule has 0 fully saturated rings. The fourth-order valence-corrected chi connectivity index (χ4v) is 2.41. The van der Waals surface area contributed by atoms with Crippen molar-refractivity contribution >= 4 is 11.8 Å². The molecule has 1 aromatic heterocycles. The van der Waals surface area contributed by atoms with Crippen molar-refractivity contribution in [1.82, 2.24) is 4.98 Å². The van der Waals surface area contributed by atoms with Crippen molar-refractivity contribution in [3.8, 4) is 6.07 Å². The summed E-state index contributed by atoms with van der Waals surface area (Å²) in [5.74, 6) is 0.903. The zero-order chi connectivity index (χ0) is 12.1. The Bertz CT molecular complexity index is 544. The summed E-state index contributed by atoms with van der Waals surface area (Å²) >= 11 is 1.70. The number of thioether (sulfide) groups is 1. The molecule has 0 amide bonds. The normalized spacial score (nSPS) is 9.88. The Hall–Kier alpha value is -1.79. The molecule has 1 heterocycles. The summed E-state index contributed by atoms with van der Waals surface area (Å²) in [7, 11) is 0. The minimum Gasteiger partial charge on any atom is -0.248 e. The predicted molar refractivity (Wildman–Crippen MR) is 69.7 cm³/mol. The smallest absolute Gasteiger partial charge is 0.101 e. The molecule has 1 aromatic carbocycles. The molecule has 0 saturated carbocycles. The minimum atomic E-state index is 0.617. The van der Waals surface area contributed by atoms with Crippen molar-refractivity contribution < 1.29 is 0 Å². The van der Waals surface area contributed by atoms with E-state index >= 15 is 0 Å². The number of aromatic nitrogens is 1. The van der Waals surface area contributed by atoms with E-state index in [4.69, 9.17) is 5.26 Å². The highest BCUT2D eigenvalue weighted by molar-refractivity contribution is 7.98. The van der Waals surface area contributed by atoms with Crippen molar-refractivity contribution in [3.63, 3.8) is 0 Å². The van der Waals surface area contributed by atoms with Crippen molar-refractivity contribution in [2.45, 2.75) is 17.7 Å². The molecule has 0 N–H and O–H groups in total. The highest BCUT2D eigenvalue weighted by Crippen LogP contribution is 2.24. The van der Waals surface area contributed by atoms with Crippen molar-refractivity contribution in [2.75, 3.05) is 0 Å². The van der Waals surface area contributed by atoms with Gasteiger partial charge in [0.15, 0.2) is 0 Å². The number of aryl methyl sites for hydroxylation is 1. The lowest BCUT2D eigenvalue weighted by Crippen LogP contribution is -1.89. The second-order valence-electron chi connectivity index (χ2n) is 3.73. The molecule has 2 nitrogen and oxygen atoms in total. The van der Waals surface area contributed by atoms with E-state index in [1.54, 1.807) is 18.0 Å². The number of hydrogen-bond acceptors (Lipinski definition) is 3. The third-order valence-corrected chi connectivity index (χ3v) is 3.56. The highest BCUT2D eigenvalue weighted by atomic mass is 32.2. The van der Waals surface area contributed by atoms with Gasteiger partial charge in [0.1, 0.15) is 6.07 Å². The standard InChI is InChI=1S/C14H12N2S/c1-11-7-13(8-15)9-16-14(11)17-10-12-5-3-2-4-6-12/h2-7,9H,10H2,1H3. The number of rotatable bonds is 3. The van der Waals surface area contributed by atoms with E-state index in [9.17, 15) is 0 Å². The molecule has 0 atom stereocenters. The van der Waals surface area contributed by atoms with Crippen LogP contribution in [0.1, 0.15) is 16.7 Å². The lowest BCUT2D eigenvalue weighted by molar-refractivity contribution is 1.07. The Morgan fingerprint density at radius 3 is 2.71 bits per heavy atom. The summed E-state index contributed by atoms with van der Waals surface area (Å²) in [4.78, 5) is 4.30. The predicted octanol–water partition coefficient (Wildman–Crippen LogP) is 3.55. The van der Waals surface area contributed by atoms with Crippen LogP contribution in [0.3, 0.4) is 0 Å². The van der Waals surface area contributed by atoms with Gasteiger partial charge in [-0.2, -0.15) is 5.26 Å². The van der Waals surface area contributed by atoms with Crippen LogP contribution in [0.2, 0.25) is 0 Å². The summed E-state index contributed by atoms with van der Waals surface area (Å²) in [5, 5.41) is 9.76. The van der Waals surface area contributed by atoms with Gasteiger partial charge in [0, 0.05) is 11.9 Å². The first-order valence-electron chi connectivity index (χ1n) is 5.33. The molecule has 3 heteroatoms. The Morgan fingerprint density at radius 1 is 1.29 bits per heavy atom. The van der Waals surface area contributed by atoms with Crippen molar-refractivity contribution in [1.29, 1.82) is 5.26 Å². The molecular formula is C14H12N2S. The first-order valence-corrected chi connectivity index (χ1v) is 6.31. The van der Waals surface area contributed by atoms with Crippen LogP contribution in [0, 0.1) is 18.3 Å². The Balaban J connectivity index is 2.08. The third-order valence-electron chi connectivity index (χ3n) is 2.38. The summed E-state index contributed by atoms with van der Waals surface area (Å²) in [5.41, 5.74) is 2.96. The molecule has 0 aliphatic heterocycles. The summed E-state index contributed by atoms with van der Waals surface area (Å²) in [6.45, 7) is 1.99. The maximum absolute atomic E-state index is 8.76. The summed E-state index contributed by atoms with van der Waals surface area (Å²) in [6, 6.07) is 14.3. The van der Waals surface area contributed by atoms with Gasteiger partial charge in [-0.3, -0.25) is 0 Å². The van der Waals surface area contributed by atoms with Gasteiger partial charge in [-0.05, 0) is 24.1 Å². The maximum atomic E-state index is 8.76. The molecule has 2 aromatic rings. The van der Waals surface area contributed by atoms with E-state index in [-0.39, 0.29) is 0 Å². The van der Waals surface area contributed by atoms with Crippen LogP contribution in [0.5, 0.6) is 0 Å². The molecule has 0 bridgehead atoms. The Morgan fingerprint density at radius 2 is 2.06 bits per heavy atom. The number of nitriles is 1. The lowest BCUT2D eigenvalue weighted by Gasteiger charge is -2.04. The van der Waals surface area contributed by atoms with E-state index in [0.29, 0.717) is 5.56 Å². The van der Waals surface area contributed by atoms with Gasteiger partial charge >= 0.3 is 0 Å². The van der Waals surface area contributed by atoms with Gasteiger partial charge in [-0.1, -0.05) is 30.3 Å². The average Bonchev–Trinajstić information content (AvgIpc) is 2.38. The number of hydrogen-bond donors (Lipinski definition) is 0. The minimum absolute atomic E-state index is 0.617. The van der Waals surface area contributed by atoms with Gasteiger partial charge in [0.05, 0.1) is 10.6 Å². The van der Waals surface area contributed by atoms with Crippen LogP contribution < -0.4 is 0 Å². The molecule has 17 heavy (non-hydrogen) atoms. The Labute approximate surface area is 105 Å². The third kappa shape index (κ3) is 3.08. The molecule has 0 radical (unpaired) electrons. The van der Waals surface area contributed by atoms with Gasteiger partial charge < -0.3 is 0 Å². The molecule has 0 aliphatic carbocycles. The average molecular weight is 240 g/mol. The first-order chi connectivity index (χ1) is 8.29. The van der Waals surface area contributed by atoms with E-state index in [0.717, 1.165) is 16.3 Å². The zero-order valence-corrected chi connectivity index (χ0v) is 10.4. The van der Waals surface area contributed by atoms with E-state index in [1.165, 1.54) is 5.56 Å². The van der Waals surface area contributed by atoms with E-state index in [1.807, 2.05) is 31.2 Å². The molecular weight excluding hydrogens is 228 g/mol. The van der Waals surface area contributed by atoms with Crippen LogP contribution in [-0.2, 0) is 5.75 Å². The van der Waals surface area contributed by atoms with Crippen LogP contribution in [0.4, 0.5) is 0 Å². The quantitative estimate of drug-likeness (QED) is 0.770. The van der Waals surface area contributed by atoms with Gasteiger partial charge in [-0.15, -0.1) is 11.8 Å². The van der Waals surface area contributed by atoms with Crippen LogP contribution >= 0.6 is 11.8 Å². The number of benzene rings is 1. The Kier molecular flexibility index (Phi) is 3.79. The second kappa shape index (κ2) is 5.51. The highest BCUT2D eigenvalue weighted by Gasteiger charge is 2.02. The molecule has 84 valence electrons. The van der Waals surface area contributed by atoms with E-state index < -0.39 is 0 Å². The maximum Gasteiger partial charge on any atom is 0.101 e. The first kappa shape index (κ1) is 11.7. The van der Waals surface area contributed by atoms with Gasteiger partial charge in [-0.25, -0.2) is 4.98 Å². The molecule has 0 saturated heterocycles. The molecule has 0 unspecified atom stereocenters. The molecule has 0 spiro atoms. The fourth-order valence-electron chi connectivity index (χ4n) is 1.50. The fraction of sp³-hybridized carbons (Fsp3) is 0.143. The topological polar surface area (TPSA) is 36.7 Å². The van der Waals surface area contributed by atoms with Crippen molar-refractivity contribution in [3.05, 3.63) is 59.3 Å². The van der Waals surface area contributed by atoms with Crippen molar-refractivity contribution in [2.24, 2.45) is 0 Å². The largest absolute Gasteiger partial charge is 0.248 e. The van der Waals surface area contributed by atoms with Gasteiger partial charge in [0.2, 0.25) is 0 Å². The van der Waals surface area contributed by atoms with Crippen LogP contribution in [-0.4, -0.2) is 4.98 Å². The second-order valence-corrected chi connectivity index (χ2v) is 4.70. The zero-order valence-electron chi connectivity index (χ0n) is 9.55. The number of pyridine rings is 1. The van der Waals surface area contributed by atoms with Crippen LogP contribution in [0.15, 0.2) is 47.6 Å². The summed E-state index contributed by atoms with van der Waals surface area (Å²) in [6.07, 6.45) is 1.63. The lowest BCUT2D eigenvalue weighted by atomic mass is 10.2.